The average Bonchev–Trinajstić information content (AvgIpc) is 2.74. The normalized spacial score (nSPS) is 13.8. The first kappa shape index (κ1) is 31.1. The van der Waals surface area contributed by atoms with Gasteiger partial charge < -0.3 is 24.7 Å². The smallest absolute Gasteiger partial charge is 0.323 e. The van der Waals surface area contributed by atoms with E-state index < -0.39 is 36.2 Å². The number of hydrogen-bond donors (Lipinski definition) is 1. The Morgan fingerprint density at radius 2 is 1.36 bits per heavy atom. The van der Waals surface area contributed by atoms with Crippen LogP contribution in [-0.2, 0) is 35.1 Å². The summed E-state index contributed by atoms with van der Waals surface area (Å²) in [6.45, 7) is 12.8. The Labute approximate surface area is 214 Å². The molecule has 0 heterocycles. The van der Waals surface area contributed by atoms with Crippen molar-refractivity contribution in [2.24, 2.45) is 11.1 Å². The Morgan fingerprint density at radius 3 is 1.89 bits per heavy atom. The van der Waals surface area contributed by atoms with Crippen molar-refractivity contribution in [2.75, 3.05) is 0 Å². The molecule has 0 aliphatic heterocycles. The van der Waals surface area contributed by atoms with Crippen LogP contribution in [0.2, 0.25) is 0 Å². The van der Waals surface area contributed by atoms with Gasteiger partial charge in [-0.05, 0) is 56.2 Å². The molecule has 1 aromatic carbocycles. The topological polar surface area (TPSA) is 131 Å². The van der Waals surface area contributed by atoms with E-state index in [-0.39, 0.29) is 48.6 Å². The van der Waals surface area contributed by atoms with Gasteiger partial charge in [-0.25, -0.2) is 0 Å². The van der Waals surface area contributed by atoms with E-state index >= 15 is 0 Å². The van der Waals surface area contributed by atoms with Crippen LogP contribution in [0, 0.1) is 5.41 Å². The van der Waals surface area contributed by atoms with Crippen molar-refractivity contribution in [2.45, 2.75) is 105 Å². The molecule has 1 aromatic rings. The zero-order chi connectivity index (χ0) is 27.5. The van der Waals surface area contributed by atoms with Crippen LogP contribution in [0.15, 0.2) is 18.2 Å². The molecule has 3 atom stereocenters. The quantitative estimate of drug-likeness (QED) is 0.307. The maximum atomic E-state index is 12.6. The summed E-state index contributed by atoms with van der Waals surface area (Å²) in [5, 5.41) is 0. The molecule has 0 spiro atoms. The van der Waals surface area contributed by atoms with E-state index in [1.54, 1.807) is 19.9 Å². The highest BCUT2D eigenvalue weighted by Crippen LogP contribution is 2.30. The number of carbonyl (C=O) groups excluding carboxylic acids is 4. The van der Waals surface area contributed by atoms with E-state index in [2.05, 4.69) is 0 Å². The lowest BCUT2D eigenvalue weighted by molar-refractivity contribution is -0.167. The van der Waals surface area contributed by atoms with Crippen LogP contribution in [0.1, 0.15) is 86.1 Å². The molecule has 0 saturated carbocycles. The van der Waals surface area contributed by atoms with Crippen molar-refractivity contribution < 1.29 is 38.1 Å². The van der Waals surface area contributed by atoms with E-state index in [0.717, 1.165) is 0 Å². The Kier molecular flexibility index (Phi) is 12.6. The molecule has 0 fully saturated rings. The molecular formula is C27H41NO8. The fraction of sp³-hybridized carbons (Fsp3) is 0.630. The van der Waals surface area contributed by atoms with Crippen molar-refractivity contribution in [3.05, 3.63) is 23.8 Å². The first-order chi connectivity index (χ1) is 16.7. The molecular weight excluding hydrogens is 466 g/mol. The van der Waals surface area contributed by atoms with E-state index in [1.807, 2.05) is 34.6 Å². The van der Waals surface area contributed by atoms with E-state index in [9.17, 15) is 19.2 Å². The first-order valence-corrected chi connectivity index (χ1v) is 12.5. The molecule has 0 unspecified atom stereocenters. The molecule has 1 rings (SSSR count). The minimum absolute atomic E-state index is 0.0868. The summed E-state index contributed by atoms with van der Waals surface area (Å²) >= 11 is 0. The highest BCUT2D eigenvalue weighted by atomic mass is 16.6. The second-order valence-electron chi connectivity index (χ2n) is 10.1. The van der Waals surface area contributed by atoms with Crippen molar-refractivity contribution in [3.8, 4) is 11.5 Å². The van der Waals surface area contributed by atoms with Gasteiger partial charge in [0, 0.05) is 12.8 Å². The van der Waals surface area contributed by atoms with Gasteiger partial charge in [0.15, 0.2) is 11.5 Å². The fourth-order valence-corrected chi connectivity index (χ4v) is 3.08. The summed E-state index contributed by atoms with van der Waals surface area (Å²) in [5.74, 6) is -1.73. The number of rotatable bonds is 13. The molecule has 9 nitrogen and oxygen atoms in total. The summed E-state index contributed by atoms with van der Waals surface area (Å²) in [4.78, 5) is 48.6. The van der Waals surface area contributed by atoms with Crippen molar-refractivity contribution >= 4 is 23.9 Å². The third-order valence-corrected chi connectivity index (χ3v) is 5.08. The average molecular weight is 508 g/mol. The predicted octanol–water partition coefficient (Wildman–Crippen LogP) is 4.27. The zero-order valence-electron chi connectivity index (χ0n) is 22.6. The second kappa shape index (κ2) is 14.6. The Hall–Kier alpha value is -2.94. The predicted molar refractivity (Wildman–Crippen MR) is 134 cm³/mol. The second-order valence-corrected chi connectivity index (χ2v) is 10.1. The first-order valence-electron chi connectivity index (χ1n) is 12.5. The summed E-state index contributed by atoms with van der Waals surface area (Å²) < 4.78 is 21.5. The number of nitrogens with two attached hydrogens (primary N) is 1. The third-order valence-electron chi connectivity index (χ3n) is 5.08. The molecule has 36 heavy (non-hydrogen) atoms. The molecule has 0 aliphatic carbocycles. The highest BCUT2D eigenvalue weighted by molar-refractivity contribution is 5.77. The van der Waals surface area contributed by atoms with E-state index in [1.165, 1.54) is 12.1 Å². The molecule has 0 aliphatic rings. The number of esters is 4. The van der Waals surface area contributed by atoms with Gasteiger partial charge in [-0.1, -0.05) is 40.7 Å². The molecule has 2 N–H and O–H groups in total. The molecule has 202 valence electrons. The SMILES string of the molecule is CCCC(=O)Oc1ccc(C[C@H](N)C(=O)O[C@@H](C)[C@H](C)OC(=O)CC(C)(C)C)cc1OC(=O)CCC. The minimum Gasteiger partial charge on any atom is -0.459 e. The monoisotopic (exact) mass is 507 g/mol. The van der Waals surface area contributed by atoms with Gasteiger partial charge in [-0.2, -0.15) is 0 Å². The van der Waals surface area contributed by atoms with Crippen LogP contribution in [0.3, 0.4) is 0 Å². The molecule has 9 heteroatoms. The summed E-state index contributed by atoms with van der Waals surface area (Å²) in [7, 11) is 0. The molecule has 0 radical (unpaired) electrons. The largest absolute Gasteiger partial charge is 0.459 e. The Balaban J connectivity index is 2.85. The summed E-state index contributed by atoms with van der Waals surface area (Å²) in [6.07, 6.45) is 0.639. The number of carbonyl (C=O) groups is 4. The lowest BCUT2D eigenvalue weighted by atomic mass is 9.92. The number of hydrogen-bond acceptors (Lipinski definition) is 9. The Bertz CT molecular complexity index is 906. The molecule has 0 amide bonds. The maximum absolute atomic E-state index is 12.6. The lowest BCUT2D eigenvalue weighted by Gasteiger charge is -2.24. The van der Waals surface area contributed by atoms with E-state index in [0.29, 0.717) is 18.4 Å². The van der Waals surface area contributed by atoms with Crippen molar-refractivity contribution in [1.29, 1.82) is 0 Å². The molecule has 0 bridgehead atoms. The molecule has 0 aromatic heterocycles. The zero-order valence-corrected chi connectivity index (χ0v) is 22.6. The van der Waals surface area contributed by atoms with E-state index in [4.69, 9.17) is 24.7 Å². The summed E-state index contributed by atoms with van der Waals surface area (Å²) in [5.41, 5.74) is 6.44. The standard InChI is InChI=1S/C27H41NO8/c1-8-10-23(29)35-21-13-12-19(15-22(21)36-24(30)11-9-2)14-20(28)26(32)34-18(4)17(3)33-25(31)16-27(5,6)7/h12-13,15,17-18,20H,8-11,14,16,28H2,1-7H3/t17-,18-,20-/m0/s1. The number of benzene rings is 1. The van der Waals surface area contributed by atoms with Gasteiger partial charge in [0.25, 0.3) is 0 Å². The highest BCUT2D eigenvalue weighted by Gasteiger charge is 2.26. The van der Waals surface area contributed by atoms with Crippen molar-refractivity contribution in [3.63, 3.8) is 0 Å². The van der Waals surface area contributed by atoms with Gasteiger partial charge >= 0.3 is 23.9 Å². The van der Waals surface area contributed by atoms with Gasteiger partial charge in [0.2, 0.25) is 0 Å². The van der Waals surface area contributed by atoms with Crippen LogP contribution in [-0.4, -0.2) is 42.1 Å². The van der Waals surface area contributed by atoms with Gasteiger partial charge in [-0.15, -0.1) is 0 Å². The maximum Gasteiger partial charge on any atom is 0.323 e. The van der Waals surface area contributed by atoms with Crippen LogP contribution in [0.25, 0.3) is 0 Å². The number of ether oxygens (including phenoxy) is 4. The van der Waals surface area contributed by atoms with Crippen LogP contribution in [0.5, 0.6) is 11.5 Å². The van der Waals surface area contributed by atoms with Crippen molar-refractivity contribution in [1.82, 2.24) is 0 Å². The minimum atomic E-state index is -1.02. The van der Waals surface area contributed by atoms with Gasteiger partial charge in [0.05, 0.1) is 6.42 Å². The van der Waals surface area contributed by atoms with Gasteiger partial charge in [-0.3, -0.25) is 19.2 Å². The van der Waals surface area contributed by atoms with Crippen LogP contribution in [0.4, 0.5) is 0 Å². The Morgan fingerprint density at radius 1 is 0.833 bits per heavy atom. The lowest BCUT2D eigenvalue weighted by Crippen LogP contribution is -2.39. The fourth-order valence-electron chi connectivity index (χ4n) is 3.08. The summed E-state index contributed by atoms with van der Waals surface area (Å²) in [6, 6.07) is 3.65. The van der Waals surface area contributed by atoms with Gasteiger partial charge in [0.1, 0.15) is 18.2 Å². The van der Waals surface area contributed by atoms with Crippen LogP contribution >= 0.6 is 0 Å². The van der Waals surface area contributed by atoms with Crippen LogP contribution < -0.4 is 15.2 Å². The third kappa shape index (κ3) is 11.7. The molecule has 0 saturated heterocycles.